The van der Waals surface area contributed by atoms with Crippen molar-refractivity contribution < 1.29 is 44.7 Å². The van der Waals surface area contributed by atoms with E-state index < -0.39 is 57.5 Å². The summed E-state index contributed by atoms with van der Waals surface area (Å²) in [6, 6.07) is 4.31. The van der Waals surface area contributed by atoms with Crippen LogP contribution in [-0.2, 0) is 14.6 Å². The van der Waals surface area contributed by atoms with Crippen LogP contribution in [0.4, 0.5) is 22.0 Å². The standard InChI is InChI=1S/C25H25F5N2O5S/c1-13-8-20(32(12-13)24(34)15-4-3-5-16(9-15)38(2,35)36)23(33)31-22(14-6-7-14)17-10-19(27)21(11-18(17)26)37-25(28,29)30/h3-5,9-11,13-14,20,22H,6-8,12H2,1-2H3,(H,31,33)/t13-,20-,22?/m1/s1. The zero-order valence-corrected chi connectivity index (χ0v) is 21.2. The average molecular weight is 561 g/mol. The fourth-order valence-electron chi connectivity index (χ4n) is 4.66. The molecule has 1 saturated carbocycles. The van der Waals surface area contributed by atoms with Crippen LogP contribution in [0.5, 0.6) is 5.75 Å². The van der Waals surface area contributed by atoms with E-state index in [2.05, 4.69) is 10.1 Å². The van der Waals surface area contributed by atoms with Crippen LogP contribution >= 0.6 is 0 Å². The molecule has 2 aliphatic rings. The van der Waals surface area contributed by atoms with Gasteiger partial charge in [-0.1, -0.05) is 13.0 Å². The highest BCUT2D eigenvalue weighted by atomic mass is 32.2. The van der Waals surface area contributed by atoms with Gasteiger partial charge in [0.2, 0.25) is 5.91 Å². The van der Waals surface area contributed by atoms with Gasteiger partial charge in [-0.15, -0.1) is 13.2 Å². The van der Waals surface area contributed by atoms with Crippen molar-refractivity contribution in [2.24, 2.45) is 11.8 Å². The van der Waals surface area contributed by atoms with E-state index in [0.29, 0.717) is 25.0 Å². The van der Waals surface area contributed by atoms with Crippen LogP contribution in [0.3, 0.4) is 0 Å². The van der Waals surface area contributed by atoms with Crippen LogP contribution in [0.2, 0.25) is 0 Å². The molecule has 1 heterocycles. The third kappa shape index (κ3) is 6.25. The van der Waals surface area contributed by atoms with Crippen molar-refractivity contribution in [1.82, 2.24) is 10.2 Å². The molecule has 2 aromatic rings. The van der Waals surface area contributed by atoms with Crippen LogP contribution < -0.4 is 10.1 Å². The average Bonchev–Trinajstić information content (AvgIpc) is 3.58. The summed E-state index contributed by atoms with van der Waals surface area (Å²) in [5, 5.41) is 2.67. The van der Waals surface area contributed by atoms with E-state index in [1.54, 1.807) is 0 Å². The monoisotopic (exact) mass is 560 g/mol. The molecule has 13 heteroatoms. The lowest BCUT2D eigenvalue weighted by atomic mass is 9.99. The molecule has 38 heavy (non-hydrogen) atoms. The molecule has 1 aliphatic heterocycles. The van der Waals surface area contributed by atoms with Gasteiger partial charge in [-0.05, 0) is 55.4 Å². The van der Waals surface area contributed by atoms with E-state index in [9.17, 15) is 40.0 Å². The number of halogens is 5. The Morgan fingerprint density at radius 2 is 1.79 bits per heavy atom. The van der Waals surface area contributed by atoms with E-state index in [4.69, 9.17) is 0 Å². The van der Waals surface area contributed by atoms with Crippen molar-refractivity contribution in [3.05, 3.63) is 59.2 Å². The molecular formula is C25H25F5N2O5S. The first-order valence-electron chi connectivity index (χ1n) is 11.8. The molecule has 4 rings (SSSR count). The number of carbonyl (C=O) groups is 2. The number of hydrogen-bond donors (Lipinski definition) is 1. The third-order valence-corrected chi connectivity index (χ3v) is 7.70. The Morgan fingerprint density at radius 1 is 1.11 bits per heavy atom. The smallest absolute Gasteiger partial charge is 0.403 e. The van der Waals surface area contributed by atoms with Crippen LogP contribution in [0.1, 0.15) is 48.1 Å². The molecule has 206 valence electrons. The Kier molecular flexibility index (Phi) is 7.43. The molecule has 7 nitrogen and oxygen atoms in total. The Morgan fingerprint density at radius 3 is 2.39 bits per heavy atom. The minimum Gasteiger partial charge on any atom is -0.403 e. The lowest BCUT2D eigenvalue weighted by molar-refractivity contribution is -0.275. The number of rotatable bonds is 7. The van der Waals surface area contributed by atoms with Crippen LogP contribution in [0, 0.1) is 23.5 Å². The molecule has 1 unspecified atom stereocenters. The van der Waals surface area contributed by atoms with Gasteiger partial charge in [0.15, 0.2) is 21.4 Å². The number of ether oxygens (including phenoxy) is 1. The van der Waals surface area contributed by atoms with E-state index in [0.717, 1.165) is 6.26 Å². The van der Waals surface area contributed by atoms with Gasteiger partial charge in [0, 0.05) is 30.0 Å². The largest absolute Gasteiger partial charge is 0.573 e. The van der Waals surface area contributed by atoms with Gasteiger partial charge in [0.25, 0.3) is 5.91 Å². The number of likely N-dealkylation sites (tertiary alicyclic amines) is 1. The highest BCUT2D eigenvalue weighted by molar-refractivity contribution is 7.90. The van der Waals surface area contributed by atoms with Gasteiger partial charge in [-0.3, -0.25) is 9.59 Å². The molecular weight excluding hydrogens is 535 g/mol. The second kappa shape index (κ2) is 10.2. The van der Waals surface area contributed by atoms with Crippen molar-refractivity contribution in [3.8, 4) is 5.75 Å². The maximum Gasteiger partial charge on any atom is 0.573 e. The maximum absolute atomic E-state index is 14.8. The predicted octanol–water partition coefficient (Wildman–Crippen LogP) is 4.39. The van der Waals surface area contributed by atoms with Crippen molar-refractivity contribution in [2.45, 2.75) is 49.5 Å². The Labute approximate surface area is 215 Å². The topological polar surface area (TPSA) is 92.8 Å². The zero-order valence-electron chi connectivity index (χ0n) is 20.4. The number of carbonyl (C=O) groups excluding carboxylic acids is 2. The Balaban J connectivity index is 1.57. The number of benzene rings is 2. The number of nitrogens with zero attached hydrogens (tertiary/aromatic N) is 1. The molecule has 1 saturated heterocycles. The van der Waals surface area contributed by atoms with Crippen molar-refractivity contribution in [2.75, 3.05) is 12.8 Å². The van der Waals surface area contributed by atoms with E-state index in [1.807, 2.05) is 6.92 Å². The highest BCUT2D eigenvalue weighted by Gasteiger charge is 2.42. The number of nitrogens with one attached hydrogen (secondary N) is 1. The third-order valence-electron chi connectivity index (χ3n) is 6.59. The first-order valence-corrected chi connectivity index (χ1v) is 13.7. The van der Waals surface area contributed by atoms with Crippen LogP contribution in [-0.4, -0.2) is 50.3 Å². The number of hydrogen-bond acceptors (Lipinski definition) is 5. The fraction of sp³-hybridized carbons (Fsp3) is 0.440. The summed E-state index contributed by atoms with van der Waals surface area (Å²) < 4.78 is 94.0. The minimum atomic E-state index is -5.21. The number of sulfone groups is 1. The summed E-state index contributed by atoms with van der Waals surface area (Å²) in [6.07, 6.45) is -2.78. The van der Waals surface area contributed by atoms with Gasteiger partial charge < -0.3 is 15.0 Å². The molecule has 0 spiro atoms. The fourth-order valence-corrected chi connectivity index (χ4v) is 5.33. The molecule has 2 aromatic carbocycles. The summed E-state index contributed by atoms with van der Waals surface area (Å²) in [6.45, 7) is 2.04. The van der Waals surface area contributed by atoms with E-state index in [-0.39, 0.29) is 40.8 Å². The molecule has 0 radical (unpaired) electrons. The SMILES string of the molecule is C[C@@H]1C[C@H](C(=O)NC(c2cc(F)c(OC(F)(F)F)cc2F)C2CC2)N(C(=O)c2cccc(S(C)(=O)=O)c2)C1. The lowest BCUT2D eigenvalue weighted by Gasteiger charge is -2.27. The van der Waals surface area contributed by atoms with Gasteiger partial charge in [-0.25, -0.2) is 17.2 Å². The summed E-state index contributed by atoms with van der Waals surface area (Å²) in [7, 11) is -3.58. The molecule has 0 aromatic heterocycles. The summed E-state index contributed by atoms with van der Waals surface area (Å²) in [4.78, 5) is 27.9. The Hall–Kier alpha value is -3.22. The van der Waals surface area contributed by atoms with Gasteiger partial charge in [-0.2, -0.15) is 0 Å². The normalized spacial score (nSPS) is 20.8. The highest BCUT2D eigenvalue weighted by Crippen LogP contribution is 2.43. The second-order valence-corrected chi connectivity index (χ2v) is 11.8. The molecule has 3 atom stereocenters. The minimum absolute atomic E-state index is 0.0548. The zero-order chi connectivity index (χ0) is 28.0. The van der Waals surface area contributed by atoms with Crippen LogP contribution in [0.15, 0.2) is 41.3 Å². The molecule has 1 aliphatic carbocycles. The maximum atomic E-state index is 14.8. The van der Waals surface area contributed by atoms with Crippen molar-refractivity contribution in [1.29, 1.82) is 0 Å². The first kappa shape index (κ1) is 27.8. The summed E-state index contributed by atoms with van der Waals surface area (Å²) >= 11 is 0. The Bertz CT molecular complexity index is 1360. The quantitative estimate of drug-likeness (QED) is 0.508. The van der Waals surface area contributed by atoms with Crippen molar-refractivity contribution in [3.63, 3.8) is 0 Å². The number of alkyl halides is 3. The number of amides is 2. The summed E-state index contributed by atoms with van der Waals surface area (Å²) in [5.41, 5.74) is -0.246. The van der Waals surface area contributed by atoms with E-state index in [1.165, 1.54) is 29.2 Å². The van der Waals surface area contributed by atoms with Gasteiger partial charge >= 0.3 is 6.36 Å². The van der Waals surface area contributed by atoms with Crippen molar-refractivity contribution >= 4 is 21.7 Å². The van der Waals surface area contributed by atoms with Gasteiger partial charge in [0.05, 0.1) is 10.9 Å². The molecule has 2 fully saturated rings. The first-order chi connectivity index (χ1) is 17.6. The second-order valence-electron chi connectivity index (χ2n) is 9.79. The lowest BCUT2D eigenvalue weighted by Crippen LogP contribution is -2.47. The molecule has 1 N–H and O–H groups in total. The molecule has 2 amide bonds. The van der Waals surface area contributed by atoms with E-state index >= 15 is 0 Å². The summed E-state index contributed by atoms with van der Waals surface area (Å²) in [5.74, 6) is -5.47. The predicted molar refractivity (Wildman–Crippen MR) is 125 cm³/mol. The molecule has 0 bridgehead atoms. The van der Waals surface area contributed by atoms with Gasteiger partial charge in [0.1, 0.15) is 11.9 Å². The van der Waals surface area contributed by atoms with Crippen LogP contribution in [0.25, 0.3) is 0 Å².